The second-order valence-corrected chi connectivity index (χ2v) is 8.18. The molecule has 1 aromatic carbocycles. The molecule has 0 spiro atoms. The second kappa shape index (κ2) is 8.69. The average molecular weight is 408 g/mol. The Labute approximate surface area is 167 Å². The van der Waals surface area contributed by atoms with Crippen molar-refractivity contribution >= 4 is 45.7 Å². The number of nitrogens with one attached hydrogen (secondary N) is 3. The Bertz CT molecular complexity index is 839. The maximum atomic E-state index is 12.3. The molecule has 0 atom stereocenters. The summed E-state index contributed by atoms with van der Waals surface area (Å²) in [7, 11) is 0. The van der Waals surface area contributed by atoms with Gasteiger partial charge in [-0.3, -0.25) is 15.0 Å². The van der Waals surface area contributed by atoms with Crippen LogP contribution in [0.2, 0.25) is 5.02 Å². The summed E-state index contributed by atoms with van der Waals surface area (Å²) < 4.78 is 0. The van der Waals surface area contributed by atoms with Crippen molar-refractivity contribution in [2.24, 2.45) is 0 Å². The lowest BCUT2D eigenvalue weighted by molar-refractivity contribution is -0.117. The van der Waals surface area contributed by atoms with E-state index in [4.69, 9.17) is 11.6 Å². The topological polar surface area (TPSA) is 86.4 Å². The highest BCUT2D eigenvalue weighted by atomic mass is 35.5. The zero-order chi connectivity index (χ0) is 19.4. The molecule has 0 radical (unpaired) electrons. The monoisotopic (exact) mass is 407 g/mol. The van der Waals surface area contributed by atoms with Crippen LogP contribution in [0.1, 0.15) is 24.4 Å². The van der Waals surface area contributed by atoms with E-state index in [1.165, 1.54) is 11.3 Å². The van der Waals surface area contributed by atoms with Crippen molar-refractivity contribution in [3.63, 3.8) is 0 Å². The van der Waals surface area contributed by atoms with Crippen molar-refractivity contribution < 1.29 is 9.59 Å². The SMILES string of the molecule is CC(C)NC(=O)Nc1nc2c(s1)CN(CC(=O)Nc1cccc(Cl)c1)CC2. The maximum Gasteiger partial charge on any atom is 0.321 e. The van der Waals surface area contributed by atoms with Crippen LogP contribution in [-0.2, 0) is 17.8 Å². The third-order valence-electron chi connectivity index (χ3n) is 3.93. The Balaban J connectivity index is 1.55. The van der Waals surface area contributed by atoms with Gasteiger partial charge in [0.15, 0.2) is 5.13 Å². The minimum Gasteiger partial charge on any atom is -0.336 e. The molecule has 0 saturated carbocycles. The molecular weight excluding hydrogens is 386 g/mol. The van der Waals surface area contributed by atoms with Crippen molar-refractivity contribution in [2.75, 3.05) is 23.7 Å². The van der Waals surface area contributed by atoms with Gasteiger partial charge in [0.1, 0.15) is 0 Å². The van der Waals surface area contributed by atoms with Gasteiger partial charge in [-0.25, -0.2) is 9.78 Å². The number of urea groups is 1. The van der Waals surface area contributed by atoms with Crippen LogP contribution >= 0.6 is 22.9 Å². The summed E-state index contributed by atoms with van der Waals surface area (Å²) in [6.45, 7) is 5.48. The molecular formula is C18H22ClN5O2S. The number of halogens is 1. The molecule has 0 fully saturated rings. The number of hydrogen-bond donors (Lipinski definition) is 3. The van der Waals surface area contributed by atoms with Crippen LogP contribution < -0.4 is 16.0 Å². The number of hydrogen-bond acceptors (Lipinski definition) is 5. The number of aromatic nitrogens is 1. The van der Waals surface area contributed by atoms with E-state index in [2.05, 4.69) is 25.8 Å². The molecule has 3 N–H and O–H groups in total. The molecule has 3 amide bonds. The largest absolute Gasteiger partial charge is 0.336 e. The minimum absolute atomic E-state index is 0.0630. The van der Waals surface area contributed by atoms with Gasteiger partial charge >= 0.3 is 6.03 Å². The number of carbonyl (C=O) groups is 2. The first-order valence-electron chi connectivity index (χ1n) is 8.73. The number of benzene rings is 1. The van der Waals surface area contributed by atoms with Gasteiger partial charge in [0.2, 0.25) is 5.91 Å². The van der Waals surface area contributed by atoms with Crippen molar-refractivity contribution in [1.29, 1.82) is 0 Å². The van der Waals surface area contributed by atoms with Crippen molar-refractivity contribution in [2.45, 2.75) is 32.9 Å². The first-order valence-corrected chi connectivity index (χ1v) is 9.92. The Kier molecular flexibility index (Phi) is 6.30. The fourth-order valence-electron chi connectivity index (χ4n) is 2.80. The van der Waals surface area contributed by atoms with E-state index < -0.39 is 0 Å². The van der Waals surface area contributed by atoms with Crippen LogP contribution in [0, 0.1) is 0 Å². The summed E-state index contributed by atoms with van der Waals surface area (Å²) in [6, 6.07) is 6.90. The third kappa shape index (κ3) is 5.66. The molecule has 0 unspecified atom stereocenters. The summed E-state index contributed by atoms with van der Waals surface area (Å²) >= 11 is 7.39. The van der Waals surface area contributed by atoms with Crippen molar-refractivity contribution in [3.05, 3.63) is 39.9 Å². The molecule has 0 bridgehead atoms. The van der Waals surface area contributed by atoms with Gasteiger partial charge in [-0.15, -0.1) is 11.3 Å². The molecule has 0 saturated heterocycles. The number of anilines is 2. The van der Waals surface area contributed by atoms with Crippen LogP contribution in [0.25, 0.3) is 0 Å². The van der Waals surface area contributed by atoms with Crippen molar-refractivity contribution in [1.82, 2.24) is 15.2 Å². The summed E-state index contributed by atoms with van der Waals surface area (Å²) in [6.07, 6.45) is 0.754. The molecule has 0 aliphatic carbocycles. The lowest BCUT2D eigenvalue weighted by Crippen LogP contribution is -2.36. The molecule has 2 aromatic rings. The minimum atomic E-state index is -0.256. The summed E-state index contributed by atoms with van der Waals surface area (Å²) in [5, 5.41) is 9.58. The van der Waals surface area contributed by atoms with Crippen LogP contribution in [0.3, 0.4) is 0 Å². The highest BCUT2D eigenvalue weighted by Gasteiger charge is 2.23. The number of carbonyl (C=O) groups excluding carboxylic acids is 2. The number of fused-ring (bicyclic) bond motifs is 1. The number of rotatable bonds is 5. The fourth-order valence-corrected chi connectivity index (χ4v) is 4.04. The number of amides is 3. The van der Waals surface area contributed by atoms with E-state index in [1.807, 2.05) is 13.8 Å². The van der Waals surface area contributed by atoms with Gasteiger partial charge in [0, 0.05) is 41.1 Å². The first kappa shape index (κ1) is 19.6. The van der Waals surface area contributed by atoms with Crippen molar-refractivity contribution in [3.8, 4) is 0 Å². The highest BCUT2D eigenvalue weighted by Crippen LogP contribution is 2.28. The summed E-state index contributed by atoms with van der Waals surface area (Å²) in [5.74, 6) is -0.0834. The maximum absolute atomic E-state index is 12.3. The van der Waals surface area contributed by atoms with Gasteiger partial charge in [0.25, 0.3) is 0 Å². The van der Waals surface area contributed by atoms with Gasteiger partial charge in [-0.05, 0) is 32.0 Å². The second-order valence-electron chi connectivity index (χ2n) is 6.66. The smallest absolute Gasteiger partial charge is 0.321 e. The fraction of sp³-hybridized carbons (Fsp3) is 0.389. The van der Waals surface area contributed by atoms with Gasteiger partial charge in [-0.1, -0.05) is 17.7 Å². The predicted molar refractivity (Wildman–Crippen MR) is 108 cm³/mol. The molecule has 9 heteroatoms. The van der Waals surface area contributed by atoms with Gasteiger partial charge < -0.3 is 10.6 Å². The van der Waals surface area contributed by atoms with Crippen LogP contribution in [0.15, 0.2) is 24.3 Å². The van der Waals surface area contributed by atoms with E-state index in [0.29, 0.717) is 28.9 Å². The molecule has 1 aliphatic heterocycles. The quantitative estimate of drug-likeness (QED) is 0.709. The molecule has 7 nitrogen and oxygen atoms in total. The van der Waals surface area contributed by atoms with Gasteiger partial charge in [-0.2, -0.15) is 0 Å². The van der Waals surface area contributed by atoms with Crippen LogP contribution in [0.4, 0.5) is 15.6 Å². The predicted octanol–water partition coefficient (Wildman–Crippen LogP) is 3.32. The Hall–Kier alpha value is -2.16. The highest BCUT2D eigenvalue weighted by molar-refractivity contribution is 7.15. The Morgan fingerprint density at radius 3 is 2.89 bits per heavy atom. The molecule has 144 valence electrons. The Morgan fingerprint density at radius 1 is 1.33 bits per heavy atom. The lowest BCUT2D eigenvalue weighted by Gasteiger charge is -2.25. The molecule has 3 rings (SSSR count). The van der Waals surface area contributed by atoms with E-state index in [1.54, 1.807) is 24.3 Å². The average Bonchev–Trinajstić information content (AvgIpc) is 2.95. The standard InChI is InChI=1S/C18H22ClN5O2S/c1-11(2)20-17(26)23-18-22-14-6-7-24(9-15(14)27-18)10-16(25)21-13-5-3-4-12(19)8-13/h3-5,8,11H,6-7,9-10H2,1-2H3,(H,21,25)(H2,20,22,23,26). The molecule has 1 aromatic heterocycles. The van der Waals surface area contributed by atoms with Gasteiger partial charge in [0.05, 0.1) is 12.2 Å². The van der Waals surface area contributed by atoms with Crippen LogP contribution in [-0.4, -0.2) is 41.0 Å². The zero-order valence-electron chi connectivity index (χ0n) is 15.2. The van der Waals surface area contributed by atoms with E-state index in [9.17, 15) is 9.59 Å². The summed E-state index contributed by atoms with van der Waals surface area (Å²) in [5.41, 5.74) is 1.68. The van der Waals surface area contributed by atoms with Crippen LogP contribution in [0.5, 0.6) is 0 Å². The Morgan fingerprint density at radius 2 is 2.15 bits per heavy atom. The normalized spacial score (nSPS) is 13.9. The molecule has 27 heavy (non-hydrogen) atoms. The van der Waals surface area contributed by atoms with E-state index in [-0.39, 0.29) is 18.0 Å². The summed E-state index contributed by atoms with van der Waals surface area (Å²) in [4.78, 5) is 31.7. The first-order chi connectivity index (χ1) is 12.9. The number of thiazole rings is 1. The number of nitrogens with zero attached hydrogens (tertiary/aromatic N) is 2. The molecule has 1 aliphatic rings. The van der Waals surface area contributed by atoms with E-state index in [0.717, 1.165) is 23.5 Å². The third-order valence-corrected chi connectivity index (χ3v) is 5.16. The lowest BCUT2D eigenvalue weighted by atomic mass is 10.2. The zero-order valence-corrected chi connectivity index (χ0v) is 16.8. The van der Waals surface area contributed by atoms with E-state index >= 15 is 0 Å². The molecule has 2 heterocycles.